The van der Waals surface area contributed by atoms with Crippen molar-refractivity contribution in [1.29, 1.82) is 0 Å². The van der Waals surface area contributed by atoms with E-state index in [1.54, 1.807) is 0 Å². The van der Waals surface area contributed by atoms with E-state index < -0.39 is 0 Å². The van der Waals surface area contributed by atoms with E-state index in [1.807, 2.05) is 0 Å². The fourth-order valence-corrected chi connectivity index (χ4v) is 1.49. The highest BCUT2D eigenvalue weighted by Gasteiger charge is 2.19. The Bertz CT molecular complexity index is 303. The van der Waals surface area contributed by atoms with Crippen molar-refractivity contribution < 1.29 is 0 Å². The first kappa shape index (κ1) is 9.53. The maximum atomic E-state index is 3.52. The first-order valence-corrected chi connectivity index (χ1v) is 5.25. The number of anilines is 1. The van der Waals surface area contributed by atoms with Gasteiger partial charge in [-0.15, -0.1) is 0 Å². The maximum absolute atomic E-state index is 3.52. The Hall–Kier alpha value is -1.02. The molecule has 0 amide bonds. The van der Waals surface area contributed by atoms with Crippen LogP contribution in [0.4, 0.5) is 5.69 Å². The van der Waals surface area contributed by atoms with Gasteiger partial charge in [0, 0.05) is 32.4 Å². The van der Waals surface area contributed by atoms with Crippen molar-refractivity contribution >= 4 is 5.69 Å². The molecule has 0 aromatic heterocycles. The van der Waals surface area contributed by atoms with Gasteiger partial charge in [0.2, 0.25) is 0 Å². The third-order valence-corrected chi connectivity index (χ3v) is 2.60. The molecular formula is C12H18N2. The van der Waals surface area contributed by atoms with Crippen molar-refractivity contribution in [3.63, 3.8) is 0 Å². The minimum Gasteiger partial charge on any atom is -0.378 e. The van der Waals surface area contributed by atoms with Crippen LogP contribution in [0.1, 0.15) is 18.4 Å². The molecule has 2 rings (SSSR count). The summed E-state index contributed by atoms with van der Waals surface area (Å²) in [4.78, 5) is 2.14. The zero-order valence-electron chi connectivity index (χ0n) is 8.96. The molecule has 1 aliphatic rings. The summed E-state index contributed by atoms with van der Waals surface area (Å²) in [5.74, 6) is 0. The average Bonchev–Trinajstić information content (AvgIpc) is 2.99. The predicted molar refractivity (Wildman–Crippen MR) is 60.6 cm³/mol. The first-order valence-electron chi connectivity index (χ1n) is 5.25. The molecule has 1 fully saturated rings. The number of nitrogens with one attached hydrogen (secondary N) is 1. The monoisotopic (exact) mass is 190 g/mol. The molecule has 1 aliphatic carbocycles. The van der Waals surface area contributed by atoms with Crippen LogP contribution in [0.3, 0.4) is 0 Å². The molecule has 1 N–H and O–H groups in total. The average molecular weight is 190 g/mol. The molecule has 1 aromatic rings. The summed E-state index contributed by atoms with van der Waals surface area (Å²) >= 11 is 0. The third-order valence-electron chi connectivity index (χ3n) is 2.60. The molecular weight excluding hydrogens is 172 g/mol. The molecule has 0 aliphatic heterocycles. The Morgan fingerprint density at radius 2 is 2.14 bits per heavy atom. The van der Waals surface area contributed by atoms with E-state index in [-0.39, 0.29) is 0 Å². The number of rotatable bonds is 4. The topological polar surface area (TPSA) is 15.3 Å². The fourth-order valence-electron chi connectivity index (χ4n) is 1.49. The van der Waals surface area contributed by atoms with Crippen molar-refractivity contribution in [2.75, 3.05) is 19.0 Å². The molecule has 0 spiro atoms. The van der Waals surface area contributed by atoms with Gasteiger partial charge in [0.25, 0.3) is 0 Å². The fraction of sp³-hybridized carbons (Fsp3) is 0.500. The number of benzene rings is 1. The normalized spacial score (nSPS) is 15.6. The molecule has 0 atom stereocenters. The molecule has 0 radical (unpaired) electrons. The van der Waals surface area contributed by atoms with Crippen LogP contribution in [0.5, 0.6) is 0 Å². The van der Waals surface area contributed by atoms with Gasteiger partial charge in [-0.2, -0.15) is 0 Å². The van der Waals surface area contributed by atoms with Crippen molar-refractivity contribution in [2.24, 2.45) is 0 Å². The zero-order valence-corrected chi connectivity index (χ0v) is 8.96. The quantitative estimate of drug-likeness (QED) is 0.781. The summed E-state index contributed by atoms with van der Waals surface area (Å²) in [6, 6.07) is 9.48. The third kappa shape index (κ3) is 2.48. The summed E-state index contributed by atoms with van der Waals surface area (Å²) < 4.78 is 0. The van der Waals surface area contributed by atoms with E-state index in [9.17, 15) is 0 Å². The lowest BCUT2D eigenvalue weighted by molar-refractivity contribution is 0.688. The molecule has 1 aromatic carbocycles. The molecule has 14 heavy (non-hydrogen) atoms. The first-order chi connectivity index (χ1) is 6.75. The van der Waals surface area contributed by atoms with Crippen LogP contribution < -0.4 is 10.2 Å². The highest BCUT2D eigenvalue weighted by atomic mass is 15.1. The molecule has 2 nitrogen and oxygen atoms in total. The van der Waals surface area contributed by atoms with Gasteiger partial charge in [-0.25, -0.2) is 0 Å². The van der Waals surface area contributed by atoms with Gasteiger partial charge in [-0.05, 0) is 30.5 Å². The van der Waals surface area contributed by atoms with E-state index in [4.69, 9.17) is 0 Å². The van der Waals surface area contributed by atoms with Gasteiger partial charge in [0.15, 0.2) is 0 Å². The Balaban J connectivity index is 1.97. The van der Waals surface area contributed by atoms with Gasteiger partial charge in [0.05, 0.1) is 0 Å². The van der Waals surface area contributed by atoms with E-state index in [2.05, 4.69) is 48.6 Å². The van der Waals surface area contributed by atoms with Crippen LogP contribution >= 0.6 is 0 Å². The van der Waals surface area contributed by atoms with Crippen molar-refractivity contribution in [1.82, 2.24) is 5.32 Å². The molecule has 1 saturated carbocycles. The molecule has 0 bridgehead atoms. The molecule has 0 unspecified atom stereocenters. The van der Waals surface area contributed by atoms with Crippen molar-refractivity contribution in [2.45, 2.75) is 25.4 Å². The Morgan fingerprint density at radius 3 is 2.79 bits per heavy atom. The minimum absolute atomic E-state index is 0.790. The highest BCUT2D eigenvalue weighted by Crippen LogP contribution is 2.20. The zero-order chi connectivity index (χ0) is 9.97. The van der Waals surface area contributed by atoms with Crippen LogP contribution in [0.25, 0.3) is 0 Å². The van der Waals surface area contributed by atoms with Crippen LogP contribution in [0.2, 0.25) is 0 Å². The van der Waals surface area contributed by atoms with Gasteiger partial charge >= 0.3 is 0 Å². The summed E-state index contributed by atoms with van der Waals surface area (Å²) in [7, 11) is 4.15. The smallest absolute Gasteiger partial charge is 0.0364 e. The van der Waals surface area contributed by atoms with E-state index in [0.717, 1.165) is 12.6 Å². The number of hydrogen-bond acceptors (Lipinski definition) is 2. The van der Waals surface area contributed by atoms with Crippen LogP contribution in [-0.4, -0.2) is 20.1 Å². The van der Waals surface area contributed by atoms with Crippen LogP contribution in [0, 0.1) is 0 Å². The van der Waals surface area contributed by atoms with Crippen molar-refractivity contribution in [3.8, 4) is 0 Å². The lowest BCUT2D eigenvalue weighted by atomic mass is 10.2. The Morgan fingerprint density at radius 1 is 1.36 bits per heavy atom. The van der Waals surface area contributed by atoms with Crippen LogP contribution in [0.15, 0.2) is 24.3 Å². The second-order valence-electron chi connectivity index (χ2n) is 4.22. The summed E-state index contributed by atoms with van der Waals surface area (Å²) in [5.41, 5.74) is 2.66. The second kappa shape index (κ2) is 4.01. The van der Waals surface area contributed by atoms with Gasteiger partial charge < -0.3 is 10.2 Å². The highest BCUT2D eigenvalue weighted by molar-refractivity contribution is 5.47. The van der Waals surface area contributed by atoms with Gasteiger partial charge in [0.1, 0.15) is 0 Å². The van der Waals surface area contributed by atoms with E-state index >= 15 is 0 Å². The summed E-state index contributed by atoms with van der Waals surface area (Å²) in [6.07, 6.45) is 2.71. The largest absolute Gasteiger partial charge is 0.378 e. The van der Waals surface area contributed by atoms with Gasteiger partial charge in [-0.1, -0.05) is 12.1 Å². The van der Waals surface area contributed by atoms with Crippen LogP contribution in [-0.2, 0) is 6.54 Å². The Kier molecular flexibility index (Phi) is 2.73. The van der Waals surface area contributed by atoms with Crippen molar-refractivity contribution in [3.05, 3.63) is 29.8 Å². The predicted octanol–water partition coefficient (Wildman–Crippen LogP) is 2.00. The standard InChI is InChI=1S/C12H18N2/c1-14(2)12-5-3-4-10(8-12)9-13-11-6-7-11/h3-5,8,11,13H,6-7,9H2,1-2H3. The lowest BCUT2D eigenvalue weighted by Gasteiger charge is -2.13. The van der Waals surface area contributed by atoms with E-state index in [1.165, 1.54) is 24.1 Å². The summed E-state index contributed by atoms with van der Waals surface area (Å²) in [5, 5.41) is 3.52. The number of nitrogens with zero attached hydrogens (tertiary/aromatic N) is 1. The van der Waals surface area contributed by atoms with E-state index in [0.29, 0.717) is 0 Å². The second-order valence-corrected chi connectivity index (χ2v) is 4.22. The SMILES string of the molecule is CN(C)c1cccc(CNC2CC2)c1. The summed E-state index contributed by atoms with van der Waals surface area (Å²) in [6.45, 7) is 1.01. The molecule has 0 heterocycles. The minimum atomic E-state index is 0.790. The number of hydrogen-bond donors (Lipinski definition) is 1. The lowest BCUT2D eigenvalue weighted by Crippen LogP contribution is -2.16. The molecule has 2 heteroatoms. The molecule has 76 valence electrons. The maximum Gasteiger partial charge on any atom is 0.0364 e. The Labute approximate surface area is 85.9 Å². The molecule has 0 saturated heterocycles. The van der Waals surface area contributed by atoms with Gasteiger partial charge in [-0.3, -0.25) is 0 Å².